The van der Waals surface area contributed by atoms with Crippen molar-refractivity contribution in [2.45, 2.75) is 39.0 Å². The highest BCUT2D eigenvalue weighted by Gasteiger charge is 2.41. The van der Waals surface area contributed by atoms with Gasteiger partial charge in [-0.15, -0.1) is 0 Å². The van der Waals surface area contributed by atoms with Crippen molar-refractivity contribution in [1.29, 1.82) is 0 Å². The van der Waals surface area contributed by atoms with Crippen molar-refractivity contribution < 1.29 is 8.98 Å². The summed E-state index contributed by atoms with van der Waals surface area (Å²) in [6.45, 7) is 6.80. The molecule has 1 aliphatic rings. The molecule has 1 aliphatic carbocycles. The summed E-state index contributed by atoms with van der Waals surface area (Å²) in [4.78, 5) is 0. The molecule has 5 aromatic rings. The summed E-state index contributed by atoms with van der Waals surface area (Å²) in [6.07, 6.45) is 4.27. The number of benzene rings is 3. The van der Waals surface area contributed by atoms with Crippen LogP contribution in [0.3, 0.4) is 0 Å². The van der Waals surface area contributed by atoms with Gasteiger partial charge in [0, 0.05) is 28.3 Å². The average molecular weight is 419 g/mol. The molecule has 2 nitrogen and oxygen atoms in total. The third-order valence-electron chi connectivity index (χ3n) is 7.75. The number of aromatic nitrogens is 1. The number of rotatable bonds is 3. The van der Waals surface area contributed by atoms with E-state index in [1.165, 1.54) is 49.8 Å². The van der Waals surface area contributed by atoms with Crippen LogP contribution >= 0.6 is 0 Å². The molecule has 32 heavy (non-hydrogen) atoms. The van der Waals surface area contributed by atoms with E-state index in [0.717, 1.165) is 24.0 Å². The lowest BCUT2D eigenvalue weighted by Gasteiger charge is -2.29. The summed E-state index contributed by atoms with van der Waals surface area (Å²) in [5.41, 5.74) is 11.2. The normalized spacial score (nSPS) is 14.1. The Bertz CT molecular complexity index is 1520. The van der Waals surface area contributed by atoms with E-state index in [4.69, 9.17) is 4.42 Å². The lowest BCUT2D eigenvalue weighted by Crippen LogP contribution is -2.30. The van der Waals surface area contributed by atoms with Gasteiger partial charge in [0.2, 0.25) is 5.69 Å². The molecule has 0 saturated carbocycles. The summed E-state index contributed by atoms with van der Waals surface area (Å²) in [6, 6.07) is 24.4. The molecule has 158 valence electrons. The first-order valence-electron chi connectivity index (χ1n) is 11.6. The van der Waals surface area contributed by atoms with E-state index in [1.54, 1.807) is 0 Å². The molecule has 0 aliphatic heterocycles. The summed E-state index contributed by atoms with van der Waals surface area (Å²) in [5.74, 6) is 0. The fraction of sp³-hybridized carbons (Fsp3) is 0.233. The molecule has 0 unspecified atom stereocenters. The van der Waals surface area contributed by atoms with Crippen molar-refractivity contribution in [3.8, 4) is 22.4 Å². The molecular formula is C30H28NO+. The molecule has 0 fully saturated rings. The van der Waals surface area contributed by atoms with Crippen LogP contribution < -0.4 is 4.57 Å². The van der Waals surface area contributed by atoms with E-state index in [-0.39, 0.29) is 5.41 Å². The first kappa shape index (κ1) is 19.3. The minimum atomic E-state index is 0.0592. The molecule has 3 aromatic carbocycles. The molecule has 6 rings (SSSR count). The van der Waals surface area contributed by atoms with Crippen LogP contribution in [0.4, 0.5) is 0 Å². The standard InChI is InChI=1S/C30H28NO/c1-5-30(6-2)24-12-8-7-11-20(24)22-17-23-21-15-14-19(3)28(26-13-9-10-16-31(26)4)29(21)32-27(23)18-25(22)30/h7-18H,5-6H2,1-4H3/q+1. The van der Waals surface area contributed by atoms with Crippen LogP contribution in [0.5, 0.6) is 0 Å². The van der Waals surface area contributed by atoms with Crippen LogP contribution in [0.1, 0.15) is 43.4 Å². The average Bonchev–Trinajstić information content (AvgIpc) is 3.31. The highest BCUT2D eigenvalue weighted by Crippen LogP contribution is 2.54. The number of nitrogens with zero attached hydrogens (tertiary/aromatic N) is 1. The third kappa shape index (κ3) is 2.38. The minimum absolute atomic E-state index is 0.0592. The summed E-state index contributed by atoms with van der Waals surface area (Å²) in [5, 5.41) is 2.40. The molecule has 0 atom stereocenters. The van der Waals surface area contributed by atoms with Crippen LogP contribution in [0.25, 0.3) is 44.3 Å². The van der Waals surface area contributed by atoms with Gasteiger partial charge in [0.05, 0.1) is 5.56 Å². The van der Waals surface area contributed by atoms with Crippen LogP contribution in [0, 0.1) is 6.92 Å². The fourth-order valence-electron chi connectivity index (χ4n) is 6.00. The van der Waals surface area contributed by atoms with Gasteiger partial charge in [-0.25, -0.2) is 4.57 Å². The van der Waals surface area contributed by atoms with Gasteiger partial charge in [-0.3, -0.25) is 0 Å². The number of aryl methyl sites for hydroxylation is 2. The van der Waals surface area contributed by atoms with Gasteiger partial charge in [-0.1, -0.05) is 50.2 Å². The molecule has 0 spiro atoms. The van der Waals surface area contributed by atoms with Gasteiger partial charge < -0.3 is 4.42 Å². The largest absolute Gasteiger partial charge is 0.455 e. The van der Waals surface area contributed by atoms with Gasteiger partial charge >= 0.3 is 0 Å². The summed E-state index contributed by atoms with van der Waals surface area (Å²) in [7, 11) is 2.10. The maximum Gasteiger partial charge on any atom is 0.216 e. The van der Waals surface area contributed by atoms with E-state index >= 15 is 0 Å². The number of hydrogen-bond acceptors (Lipinski definition) is 1. The topological polar surface area (TPSA) is 17.0 Å². The predicted octanol–water partition coefficient (Wildman–Crippen LogP) is 7.47. The monoisotopic (exact) mass is 418 g/mol. The Morgan fingerprint density at radius 1 is 0.812 bits per heavy atom. The van der Waals surface area contributed by atoms with Gasteiger partial charge in [0.1, 0.15) is 18.2 Å². The van der Waals surface area contributed by atoms with Crippen molar-refractivity contribution in [3.05, 3.63) is 89.6 Å². The minimum Gasteiger partial charge on any atom is -0.455 e. The maximum absolute atomic E-state index is 6.67. The molecule has 0 bridgehead atoms. The van der Waals surface area contributed by atoms with E-state index in [0.29, 0.717) is 0 Å². The van der Waals surface area contributed by atoms with Gasteiger partial charge in [-0.2, -0.15) is 0 Å². The van der Waals surface area contributed by atoms with E-state index in [1.807, 2.05) is 0 Å². The molecule has 2 aromatic heterocycles. The number of hydrogen-bond donors (Lipinski definition) is 0. The van der Waals surface area contributed by atoms with Crippen LogP contribution in [0.2, 0.25) is 0 Å². The van der Waals surface area contributed by atoms with E-state index in [9.17, 15) is 0 Å². The molecule has 0 N–H and O–H groups in total. The second-order valence-corrected chi connectivity index (χ2v) is 9.16. The van der Waals surface area contributed by atoms with Crippen molar-refractivity contribution in [1.82, 2.24) is 0 Å². The zero-order valence-corrected chi connectivity index (χ0v) is 19.2. The predicted molar refractivity (Wildman–Crippen MR) is 132 cm³/mol. The third-order valence-corrected chi connectivity index (χ3v) is 7.75. The first-order valence-corrected chi connectivity index (χ1v) is 11.6. The SMILES string of the molecule is CCC1(CC)c2ccccc2-c2cc3c(cc21)oc1c(-c2cccc[n+]2C)c(C)ccc13. The number of pyridine rings is 1. The lowest BCUT2D eigenvalue weighted by atomic mass is 9.74. The van der Waals surface area contributed by atoms with Gasteiger partial charge in [0.15, 0.2) is 6.20 Å². The maximum atomic E-state index is 6.67. The molecule has 0 radical (unpaired) electrons. The fourth-order valence-corrected chi connectivity index (χ4v) is 6.00. The molecular weight excluding hydrogens is 390 g/mol. The Morgan fingerprint density at radius 3 is 2.38 bits per heavy atom. The van der Waals surface area contributed by atoms with Crippen LogP contribution in [0.15, 0.2) is 77.3 Å². The van der Waals surface area contributed by atoms with E-state index in [2.05, 4.69) is 105 Å². The quantitative estimate of drug-likeness (QED) is 0.278. The van der Waals surface area contributed by atoms with Crippen molar-refractivity contribution in [2.24, 2.45) is 7.05 Å². The Labute approximate surface area is 189 Å². The zero-order chi connectivity index (χ0) is 22.0. The van der Waals surface area contributed by atoms with Gasteiger partial charge in [0.25, 0.3) is 0 Å². The van der Waals surface area contributed by atoms with Gasteiger partial charge in [-0.05, 0) is 65.8 Å². The van der Waals surface area contributed by atoms with Crippen molar-refractivity contribution in [2.75, 3.05) is 0 Å². The lowest BCUT2D eigenvalue weighted by molar-refractivity contribution is -0.660. The first-order chi connectivity index (χ1) is 15.6. The Kier molecular flexibility index (Phi) is 4.10. The number of furan rings is 1. The number of fused-ring (bicyclic) bond motifs is 6. The second-order valence-electron chi connectivity index (χ2n) is 9.16. The highest BCUT2D eigenvalue weighted by molar-refractivity contribution is 6.11. The highest BCUT2D eigenvalue weighted by atomic mass is 16.3. The molecule has 2 heteroatoms. The zero-order valence-electron chi connectivity index (χ0n) is 19.2. The molecule has 0 amide bonds. The van der Waals surface area contributed by atoms with Crippen molar-refractivity contribution >= 4 is 21.9 Å². The summed E-state index contributed by atoms with van der Waals surface area (Å²) < 4.78 is 8.84. The Balaban J connectivity index is 1.71. The smallest absolute Gasteiger partial charge is 0.216 e. The molecule has 0 saturated heterocycles. The van der Waals surface area contributed by atoms with E-state index < -0.39 is 0 Å². The summed E-state index contributed by atoms with van der Waals surface area (Å²) >= 11 is 0. The molecule has 2 heterocycles. The Hall–Kier alpha value is -3.39. The Morgan fingerprint density at radius 2 is 1.59 bits per heavy atom. The van der Waals surface area contributed by atoms with Crippen molar-refractivity contribution in [3.63, 3.8) is 0 Å². The van der Waals surface area contributed by atoms with Crippen LogP contribution in [-0.2, 0) is 12.5 Å². The van der Waals surface area contributed by atoms with Crippen LogP contribution in [-0.4, -0.2) is 0 Å². The second kappa shape index (κ2) is 6.80.